The number of aromatic nitrogens is 2. The number of nitrogens with one attached hydrogen (secondary N) is 2. The number of carbonyl (C=O) groups is 1. The normalized spacial score (nSPS) is 19.7. The zero-order chi connectivity index (χ0) is 20.1. The maximum atomic E-state index is 13.0. The third-order valence-electron chi connectivity index (χ3n) is 4.36. The van der Waals surface area contributed by atoms with Crippen molar-refractivity contribution in [3.8, 4) is 6.01 Å². The lowest BCUT2D eigenvalue weighted by molar-refractivity contribution is -0.136. The van der Waals surface area contributed by atoms with Crippen LogP contribution in [-0.4, -0.2) is 28.1 Å². The summed E-state index contributed by atoms with van der Waals surface area (Å²) < 4.78 is 44.7. The van der Waals surface area contributed by atoms with E-state index in [9.17, 15) is 18.0 Å². The van der Waals surface area contributed by atoms with Crippen molar-refractivity contribution in [2.24, 2.45) is 0 Å². The van der Waals surface area contributed by atoms with Gasteiger partial charge in [0.05, 0.1) is 28.7 Å². The van der Waals surface area contributed by atoms with Crippen LogP contribution in [0.2, 0.25) is 5.02 Å². The zero-order valence-electron chi connectivity index (χ0n) is 14.7. The average Bonchev–Trinajstić information content (AvgIpc) is 2.65. The summed E-state index contributed by atoms with van der Waals surface area (Å²) in [6.07, 6.45) is 0.850. The highest BCUT2D eigenvalue weighted by Crippen LogP contribution is 2.34. The zero-order valence-corrected chi connectivity index (χ0v) is 15.4. The number of carbonyl (C=O) groups excluding carboxylic acids is 1. The highest BCUT2D eigenvalue weighted by molar-refractivity contribution is 6.30. The van der Waals surface area contributed by atoms with Crippen LogP contribution in [-0.2, 0) is 6.18 Å². The van der Waals surface area contributed by atoms with E-state index >= 15 is 0 Å². The van der Waals surface area contributed by atoms with Gasteiger partial charge in [0.15, 0.2) is 0 Å². The molecule has 0 aliphatic heterocycles. The molecule has 6 nitrogen and oxygen atoms in total. The number of anilines is 1. The van der Waals surface area contributed by atoms with Crippen molar-refractivity contribution in [1.29, 1.82) is 0 Å². The van der Waals surface area contributed by atoms with Gasteiger partial charge < -0.3 is 15.4 Å². The van der Waals surface area contributed by atoms with E-state index in [1.807, 2.05) is 0 Å². The molecule has 0 bridgehead atoms. The SMILES string of the molecule is O=C(Nc1ccccc1C(F)(F)F)NC1CCC(Oc2ncc(Cl)cn2)CC1. The van der Waals surface area contributed by atoms with Crippen molar-refractivity contribution in [1.82, 2.24) is 15.3 Å². The van der Waals surface area contributed by atoms with Crippen molar-refractivity contribution >= 4 is 23.3 Å². The Labute approximate surface area is 164 Å². The number of alkyl halides is 3. The second kappa shape index (κ2) is 8.64. The molecule has 3 rings (SSSR count). The molecule has 0 unspecified atom stereocenters. The van der Waals surface area contributed by atoms with Crippen LogP contribution in [0, 0.1) is 0 Å². The maximum Gasteiger partial charge on any atom is 0.418 e. The Morgan fingerprint density at radius 1 is 1.11 bits per heavy atom. The van der Waals surface area contributed by atoms with Gasteiger partial charge in [-0.25, -0.2) is 14.8 Å². The number of urea groups is 1. The Morgan fingerprint density at radius 3 is 2.39 bits per heavy atom. The summed E-state index contributed by atoms with van der Waals surface area (Å²) in [7, 11) is 0. The summed E-state index contributed by atoms with van der Waals surface area (Å²) in [4.78, 5) is 20.1. The third kappa shape index (κ3) is 5.48. The number of hydrogen-bond donors (Lipinski definition) is 2. The number of nitrogens with zero attached hydrogens (tertiary/aromatic N) is 2. The second-order valence-electron chi connectivity index (χ2n) is 6.42. The third-order valence-corrected chi connectivity index (χ3v) is 4.55. The summed E-state index contributed by atoms with van der Waals surface area (Å²) >= 11 is 5.73. The van der Waals surface area contributed by atoms with Crippen LogP contribution >= 0.6 is 11.6 Å². The molecule has 1 aliphatic rings. The first-order valence-corrected chi connectivity index (χ1v) is 9.07. The van der Waals surface area contributed by atoms with Crippen molar-refractivity contribution < 1.29 is 22.7 Å². The number of para-hydroxylation sites is 1. The quantitative estimate of drug-likeness (QED) is 0.762. The topological polar surface area (TPSA) is 76.1 Å². The Hall–Kier alpha value is -2.55. The predicted octanol–water partition coefficient (Wildman–Crippen LogP) is 4.66. The molecule has 0 radical (unpaired) electrons. The Balaban J connectivity index is 1.48. The van der Waals surface area contributed by atoms with E-state index < -0.39 is 17.8 Å². The summed E-state index contributed by atoms with van der Waals surface area (Å²) in [5, 5.41) is 5.42. The smallest absolute Gasteiger partial charge is 0.418 e. The average molecular weight is 415 g/mol. The second-order valence-corrected chi connectivity index (χ2v) is 6.85. The van der Waals surface area contributed by atoms with Crippen molar-refractivity contribution in [3.05, 3.63) is 47.2 Å². The largest absolute Gasteiger partial charge is 0.460 e. The molecule has 1 heterocycles. The lowest BCUT2D eigenvalue weighted by atomic mass is 9.93. The van der Waals surface area contributed by atoms with Crippen LogP contribution < -0.4 is 15.4 Å². The molecule has 1 fully saturated rings. The minimum Gasteiger partial charge on any atom is -0.460 e. The van der Waals surface area contributed by atoms with Gasteiger partial charge in [0, 0.05) is 6.04 Å². The van der Waals surface area contributed by atoms with Gasteiger partial charge in [-0.3, -0.25) is 0 Å². The number of ether oxygens (including phenoxy) is 1. The number of benzene rings is 1. The molecule has 0 spiro atoms. The summed E-state index contributed by atoms with van der Waals surface area (Å²) in [6, 6.07) is 4.29. The van der Waals surface area contributed by atoms with E-state index in [0.717, 1.165) is 6.07 Å². The van der Waals surface area contributed by atoms with E-state index in [0.29, 0.717) is 30.7 Å². The first-order valence-electron chi connectivity index (χ1n) is 8.69. The predicted molar refractivity (Wildman–Crippen MR) is 97.3 cm³/mol. The number of amides is 2. The van der Waals surface area contributed by atoms with Gasteiger partial charge in [-0.2, -0.15) is 13.2 Å². The van der Waals surface area contributed by atoms with Crippen LogP contribution in [0.25, 0.3) is 0 Å². The molecule has 0 saturated heterocycles. The fourth-order valence-electron chi connectivity index (χ4n) is 3.02. The van der Waals surface area contributed by atoms with Gasteiger partial charge in [-0.15, -0.1) is 0 Å². The molecular formula is C18H18ClF3N4O2. The van der Waals surface area contributed by atoms with Crippen molar-refractivity contribution in [2.75, 3.05) is 5.32 Å². The van der Waals surface area contributed by atoms with Crippen LogP contribution in [0.3, 0.4) is 0 Å². The Morgan fingerprint density at radius 2 is 1.75 bits per heavy atom. The molecule has 2 N–H and O–H groups in total. The van der Waals surface area contributed by atoms with Gasteiger partial charge in [0.25, 0.3) is 0 Å². The molecule has 2 aromatic rings. The first kappa shape index (κ1) is 20.2. The van der Waals surface area contributed by atoms with Crippen LogP contribution in [0.4, 0.5) is 23.7 Å². The number of hydrogen-bond acceptors (Lipinski definition) is 4. The number of rotatable bonds is 4. The molecule has 1 aliphatic carbocycles. The molecule has 1 saturated carbocycles. The fourth-order valence-corrected chi connectivity index (χ4v) is 3.12. The molecule has 0 atom stereocenters. The van der Waals surface area contributed by atoms with Crippen molar-refractivity contribution in [3.63, 3.8) is 0 Å². The molecule has 1 aromatic carbocycles. The summed E-state index contributed by atoms with van der Waals surface area (Å²) in [6.45, 7) is 0. The standard InChI is InChI=1S/C18H18ClF3N4O2/c19-11-9-23-17(24-10-11)28-13-7-5-12(6-8-13)25-16(27)26-15-4-2-1-3-14(15)18(20,21)22/h1-4,9-10,12-13H,5-8H2,(H2,25,26,27). The van der Waals surface area contributed by atoms with Gasteiger partial charge in [-0.05, 0) is 37.8 Å². The highest BCUT2D eigenvalue weighted by atomic mass is 35.5. The van der Waals surface area contributed by atoms with E-state index in [-0.39, 0.29) is 23.8 Å². The van der Waals surface area contributed by atoms with E-state index in [2.05, 4.69) is 20.6 Å². The maximum absolute atomic E-state index is 13.0. The highest BCUT2D eigenvalue weighted by Gasteiger charge is 2.33. The van der Waals surface area contributed by atoms with Gasteiger partial charge in [-0.1, -0.05) is 23.7 Å². The van der Waals surface area contributed by atoms with E-state index in [1.165, 1.54) is 30.6 Å². The molecule has 10 heteroatoms. The van der Waals surface area contributed by atoms with Crippen LogP contribution in [0.1, 0.15) is 31.2 Å². The van der Waals surface area contributed by atoms with Gasteiger partial charge in [0.1, 0.15) is 6.10 Å². The Bertz CT molecular complexity index is 809. The molecule has 150 valence electrons. The molecular weight excluding hydrogens is 397 g/mol. The first-order chi connectivity index (χ1) is 13.3. The van der Waals surface area contributed by atoms with E-state index in [4.69, 9.17) is 16.3 Å². The number of halogens is 4. The summed E-state index contributed by atoms with van der Waals surface area (Å²) in [5.41, 5.74) is -1.16. The fraction of sp³-hybridized carbons (Fsp3) is 0.389. The molecule has 2 amide bonds. The Kier molecular flexibility index (Phi) is 6.23. The van der Waals surface area contributed by atoms with Gasteiger partial charge in [0.2, 0.25) is 0 Å². The lowest BCUT2D eigenvalue weighted by Gasteiger charge is -2.29. The van der Waals surface area contributed by atoms with Crippen LogP contribution in [0.5, 0.6) is 6.01 Å². The minimum absolute atomic E-state index is 0.0896. The molecule has 1 aromatic heterocycles. The monoisotopic (exact) mass is 414 g/mol. The summed E-state index contributed by atoms with van der Waals surface area (Å²) in [5.74, 6) is 0. The van der Waals surface area contributed by atoms with Crippen LogP contribution in [0.15, 0.2) is 36.7 Å². The van der Waals surface area contributed by atoms with Crippen molar-refractivity contribution in [2.45, 2.75) is 44.0 Å². The molecule has 28 heavy (non-hydrogen) atoms. The van der Waals surface area contributed by atoms with E-state index in [1.54, 1.807) is 0 Å². The van der Waals surface area contributed by atoms with Gasteiger partial charge >= 0.3 is 18.2 Å². The lowest BCUT2D eigenvalue weighted by Crippen LogP contribution is -2.42. The minimum atomic E-state index is -4.54.